The van der Waals surface area contributed by atoms with Crippen LogP contribution < -0.4 is 5.32 Å². The van der Waals surface area contributed by atoms with Crippen LogP contribution in [0.1, 0.15) is 38.2 Å². The zero-order valence-corrected chi connectivity index (χ0v) is 15.3. The minimum atomic E-state index is 0.773. The summed E-state index contributed by atoms with van der Waals surface area (Å²) in [5.41, 5.74) is 1.35. The van der Waals surface area contributed by atoms with Gasteiger partial charge in [0.25, 0.3) is 0 Å². The van der Waals surface area contributed by atoms with Crippen molar-refractivity contribution in [1.29, 1.82) is 0 Å². The van der Waals surface area contributed by atoms with Gasteiger partial charge >= 0.3 is 0 Å². The fourth-order valence-electron chi connectivity index (χ4n) is 3.18. The number of benzene rings is 1. The maximum absolute atomic E-state index is 5.73. The lowest BCUT2D eigenvalue weighted by molar-refractivity contribution is 0.133. The fourth-order valence-corrected chi connectivity index (χ4v) is 3.18. The molecule has 4 heteroatoms. The normalized spacial score (nSPS) is 18.7. The molecule has 1 unspecified atom stereocenters. The van der Waals surface area contributed by atoms with Gasteiger partial charge in [-0.2, -0.15) is 0 Å². The Morgan fingerprint density at radius 1 is 1.25 bits per heavy atom. The Morgan fingerprint density at radius 3 is 2.83 bits per heavy atom. The minimum absolute atomic E-state index is 0.773. The van der Waals surface area contributed by atoms with Crippen LogP contribution in [0.2, 0.25) is 0 Å². The summed E-state index contributed by atoms with van der Waals surface area (Å²) in [7, 11) is 1.88. The molecule has 1 saturated heterocycles. The van der Waals surface area contributed by atoms with Crippen LogP contribution in [-0.2, 0) is 11.2 Å². The number of aliphatic imine (C=N–C) groups is 1. The molecule has 24 heavy (non-hydrogen) atoms. The highest BCUT2D eigenvalue weighted by Gasteiger charge is 2.18. The van der Waals surface area contributed by atoms with Crippen LogP contribution in [-0.4, -0.2) is 50.8 Å². The number of hydrogen-bond donors (Lipinski definition) is 1. The van der Waals surface area contributed by atoms with Gasteiger partial charge in [-0.15, -0.1) is 0 Å². The molecule has 1 aromatic carbocycles. The van der Waals surface area contributed by atoms with Gasteiger partial charge in [-0.3, -0.25) is 4.99 Å². The van der Waals surface area contributed by atoms with Crippen molar-refractivity contribution < 1.29 is 4.74 Å². The number of piperidine rings is 1. The van der Waals surface area contributed by atoms with E-state index in [-0.39, 0.29) is 0 Å². The molecule has 1 aliphatic rings. The second-order valence-electron chi connectivity index (χ2n) is 6.72. The Bertz CT molecular complexity index is 475. The number of rotatable bonds is 8. The predicted octanol–water partition coefficient (Wildman–Crippen LogP) is 3.33. The number of nitrogens with one attached hydrogen (secondary N) is 1. The molecule has 1 atom stereocenters. The molecule has 0 amide bonds. The van der Waals surface area contributed by atoms with Crippen LogP contribution in [0.25, 0.3) is 0 Å². The van der Waals surface area contributed by atoms with E-state index in [2.05, 4.69) is 52.5 Å². The zero-order chi connectivity index (χ0) is 17.0. The summed E-state index contributed by atoms with van der Waals surface area (Å²) in [4.78, 5) is 6.82. The van der Waals surface area contributed by atoms with Gasteiger partial charge in [0.2, 0.25) is 0 Å². The standard InChI is InChI=1S/C20H33N3O/c1-18-9-8-14-23(17-18)20(21-2)22-13-6-7-15-24-16-12-19-10-4-3-5-11-19/h3-5,10-11,18H,6-9,12-17H2,1-2H3,(H,21,22). The molecule has 2 rings (SSSR count). The summed E-state index contributed by atoms with van der Waals surface area (Å²) in [6.07, 6.45) is 5.83. The summed E-state index contributed by atoms with van der Waals surface area (Å²) in [5.74, 6) is 1.84. The maximum atomic E-state index is 5.73. The smallest absolute Gasteiger partial charge is 0.193 e. The number of nitrogens with zero attached hydrogens (tertiary/aromatic N) is 2. The average molecular weight is 332 g/mol. The SMILES string of the molecule is CN=C(NCCCCOCCc1ccccc1)N1CCCC(C)C1. The first-order valence-corrected chi connectivity index (χ1v) is 9.37. The van der Waals surface area contributed by atoms with E-state index < -0.39 is 0 Å². The highest BCUT2D eigenvalue weighted by Crippen LogP contribution is 2.15. The largest absolute Gasteiger partial charge is 0.381 e. The molecule has 1 N–H and O–H groups in total. The molecule has 0 spiro atoms. The summed E-state index contributed by atoms with van der Waals surface area (Å²) >= 11 is 0. The lowest BCUT2D eigenvalue weighted by atomic mass is 10.0. The number of ether oxygens (including phenoxy) is 1. The van der Waals surface area contributed by atoms with Crippen LogP contribution in [0.5, 0.6) is 0 Å². The Hall–Kier alpha value is -1.55. The van der Waals surface area contributed by atoms with E-state index in [1.54, 1.807) is 0 Å². The number of likely N-dealkylation sites (tertiary alicyclic amines) is 1. The monoisotopic (exact) mass is 331 g/mol. The summed E-state index contributed by atoms with van der Waals surface area (Å²) < 4.78 is 5.73. The van der Waals surface area contributed by atoms with Gasteiger partial charge in [-0.05, 0) is 43.6 Å². The third kappa shape index (κ3) is 6.91. The third-order valence-electron chi connectivity index (χ3n) is 4.54. The molecule has 0 aromatic heterocycles. The van der Waals surface area contributed by atoms with Gasteiger partial charge in [0.05, 0.1) is 6.61 Å². The molecule has 1 aliphatic heterocycles. The molecule has 0 aliphatic carbocycles. The zero-order valence-electron chi connectivity index (χ0n) is 15.3. The fraction of sp³-hybridized carbons (Fsp3) is 0.650. The summed E-state index contributed by atoms with van der Waals surface area (Å²) in [6, 6.07) is 10.5. The Morgan fingerprint density at radius 2 is 2.08 bits per heavy atom. The molecule has 134 valence electrons. The highest BCUT2D eigenvalue weighted by molar-refractivity contribution is 5.79. The van der Waals surface area contributed by atoms with Gasteiger partial charge in [0.1, 0.15) is 0 Å². The first-order chi connectivity index (χ1) is 11.8. The summed E-state index contributed by atoms with van der Waals surface area (Å²) in [6.45, 7) is 7.21. The van der Waals surface area contributed by atoms with Gasteiger partial charge in [-0.1, -0.05) is 37.3 Å². The van der Waals surface area contributed by atoms with E-state index in [9.17, 15) is 0 Å². The van der Waals surface area contributed by atoms with E-state index in [0.29, 0.717) is 0 Å². The van der Waals surface area contributed by atoms with E-state index in [1.165, 1.54) is 18.4 Å². The van der Waals surface area contributed by atoms with Crippen LogP contribution in [0.15, 0.2) is 35.3 Å². The summed E-state index contributed by atoms with van der Waals surface area (Å²) in [5, 5.41) is 3.50. The molecule has 0 saturated carbocycles. The van der Waals surface area contributed by atoms with Crippen molar-refractivity contribution >= 4 is 5.96 Å². The minimum Gasteiger partial charge on any atom is -0.381 e. The van der Waals surface area contributed by atoms with Crippen molar-refractivity contribution in [2.75, 3.05) is 39.9 Å². The van der Waals surface area contributed by atoms with Gasteiger partial charge in [-0.25, -0.2) is 0 Å². The molecule has 1 aromatic rings. The van der Waals surface area contributed by atoms with Crippen molar-refractivity contribution in [2.24, 2.45) is 10.9 Å². The van der Waals surface area contributed by atoms with E-state index in [1.807, 2.05) is 7.05 Å². The van der Waals surface area contributed by atoms with Gasteiger partial charge in [0.15, 0.2) is 5.96 Å². The third-order valence-corrected chi connectivity index (χ3v) is 4.54. The number of guanidine groups is 1. The van der Waals surface area contributed by atoms with Gasteiger partial charge < -0.3 is 15.0 Å². The molecule has 1 fully saturated rings. The molecule has 4 nitrogen and oxygen atoms in total. The van der Waals surface area contributed by atoms with Crippen molar-refractivity contribution in [3.05, 3.63) is 35.9 Å². The molecule has 0 bridgehead atoms. The predicted molar refractivity (Wildman–Crippen MR) is 102 cm³/mol. The van der Waals surface area contributed by atoms with E-state index in [4.69, 9.17) is 4.74 Å². The average Bonchev–Trinajstić information content (AvgIpc) is 2.61. The maximum Gasteiger partial charge on any atom is 0.193 e. The first kappa shape index (κ1) is 18.8. The topological polar surface area (TPSA) is 36.9 Å². The highest BCUT2D eigenvalue weighted by atomic mass is 16.5. The Labute approximate surface area is 147 Å². The molecular weight excluding hydrogens is 298 g/mol. The molecule has 0 radical (unpaired) electrons. The second-order valence-corrected chi connectivity index (χ2v) is 6.72. The Balaban J connectivity index is 1.49. The molecule has 1 heterocycles. The number of unbranched alkanes of at least 4 members (excludes halogenated alkanes) is 1. The van der Waals surface area contributed by atoms with Crippen LogP contribution >= 0.6 is 0 Å². The van der Waals surface area contributed by atoms with Crippen molar-refractivity contribution in [3.8, 4) is 0 Å². The van der Waals surface area contributed by atoms with Crippen LogP contribution in [0, 0.1) is 5.92 Å². The number of hydrogen-bond acceptors (Lipinski definition) is 2. The quantitative estimate of drug-likeness (QED) is 0.451. The second kappa shape index (κ2) is 11.1. The van der Waals surface area contributed by atoms with Crippen LogP contribution in [0.4, 0.5) is 0 Å². The van der Waals surface area contributed by atoms with E-state index >= 15 is 0 Å². The van der Waals surface area contributed by atoms with Crippen molar-refractivity contribution in [3.63, 3.8) is 0 Å². The first-order valence-electron chi connectivity index (χ1n) is 9.37. The van der Waals surface area contributed by atoms with Gasteiger partial charge in [0, 0.05) is 33.3 Å². The van der Waals surface area contributed by atoms with Crippen molar-refractivity contribution in [2.45, 2.75) is 39.0 Å². The Kier molecular flexibility index (Phi) is 8.67. The van der Waals surface area contributed by atoms with E-state index in [0.717, 1.165) is 64.0 Å². The van der Waals surface area contributed by atoms with Crippen molar-refractivity contribution in [1.82, 2.24) is 10.2 Å². The lowest BCUT2D eigenvalue weighted by Gasteiger charge is -2.33. The molecular formula is C20H33N3O. The van der Waals surface area contributed by atoms with Crippen LogP contribution in [0.3, 0.4) is 0 Å². The lowest BCUT2D eigenvalue weighted by Crippen LogP contribution is -2.46.